The first-order valence-electron chi connectivity index (χ1n) is 4.27. The van der Waals surface area contributed by atoms with Crippen LogP contribution in [0.1, 0.15) is 5.76 Å². The quantitative estimate of drug-likeness (QED) is 0.710. The fraction of sp³-hybridized carbons (Fsp3) is 0.556. The van der Waals surface area contributed by atoms with Crippen molar-refractivity contribution in [3.05, 3.63) is 17.9 Å². The molecule has 0 atom stereocenters. The zero-order valence-electron chi connectivity index (χ0n) is 7.50. The first kappa shape index (κ1) is 7.68. The Labute approximate surface area is 72.4 Å². The molecule has 0 amide bonds. The number of nitrogens with zero attached hydrogens (tertiary/aromatic N) is 1. The van der Waals surface area contributed by atoms with Crippen LogP contribution in [-0.2, 0) is 0 Å². The Morgan fingerprint density at radius 1 is 1.50 bits per heavy atom. The Morgan fingerprint density at radius 2 is 2.25 bits per heavy atom. The van der Waals surface area contributed by atoms with Crippen molar-refractivity contribution >= 4 is 5.88 Å². The number of anilines is 1. The number of likely N-dealkylation sites (N-methyl/N-ethyl adjacent to an activating group) is 1. The lowest BCUT2D eigenvalue weighted by Gasteiger charge is -2.35. The van der Waals surface area contributed by atoms with E-state index in [1.807, 2.05) is 19.1 Å². The van der Waals surface area contributed by atoms with Gasteiger partial charge in [-0.2, -0.15) is 0 Å². The van der Waals surface area contributed by atoms with Gasteiger partial charge in [-0.3, -0.25) is 0 Å². The van der Waals surface area contributed by atoms with Crippen LogP contribution in [0.4, 0.5) is 5.88 Å². The molecule has 66 valence electrons. The Morgan fingerprint density at radius 3 is 2.67 bits per heavy atom. The lowest BCUT2D eigenvalue weighted by atomic mass is 10.1. The van der Waals surface area contributed by atoms with E-state index in [-0.39, 0.29) is 0 Å². The highest BCUT2D eigenvalue weighted by Gasteiger charge is 2.23. The van der Waals surface area contributed by atoms with Crippen molar-refractivity contribution in [1.29, 1.82) is 0 Å². The van der Waals surface area contributed by atoms with Crippen LogP contribution in [0.25, 0.3) is 0 Å². The van der Waals surface area contributed by atoms with Gasteiger partial charge in [-0.05, 0) is 13.0 Å². The summed E-state index contributed by atoms with van der Waals surface area (Å²) in [5.41, 5.74) is 0. The summed E-state index contributed by atoms with van der Waals surface area (Å²) in [6.45, 7) is 4.10. The third-order valence-corrected chi connectivity index (χ3v) is 2.38. The molecule has 1 aliphatic rings. The minimum absolute atomic E-state index is 0.607. The summed E-state index contributed by atoms with van der Waals surface area (Å²) in [4.78, 5) is 2.18. The van der Waals surface area contributed by atoms with Gasteiger partial charge < -0.3 is 14.6 Å². The summed E-state index contributed by atoms with van der Waals surface area (Å²) in [6.07, 6.45) is 0. The van der Waals surface area contributed by atoms with Crippen LogP contribution in [0.2, 0.25) is 0 Å². The van der Waals surface area contributed by atoms with Gasteiger partial charge in [-0.25, -0.2) is 0 Å². The monoisotopic (exact) mass is 166 g/mol. The minimum atomic E-state index is 0.607. The summed E-state index contributed by atoms with van der Waals surface area (Å²) in [7, 11) is 2.07. The van der Waals surface area contributed by atoms with Gasteiger partial charge in [0, 0.05) is 26.2 Å². The standard InChI is InChI=1S/C9H14N2O/c1-7-3-4-9(12-7)11(2)8-5-10-6-8/h3-4,8,10H,5-6H2,1-2H3. The Balaban J connectivity index is 2.08. The van der Waals surface area contributed by atoms with Gasteiger partial charge in [-0.15, -0.1) is 0 Å². The third-order valence-electron chi connectivity index (χ3n) is 2.38. The van der Waals surface area contributed by atoms with Crippen LogP contribution in [0.3, 0.4) is 0 Å². The molecule has 1 fully saturated rings. The minimum Gasteiger partial charge on any atom is -0.446 e. The molecule has 3 nitrogen and oxygen atoms in total. The molecule has 1 N–H and O–H groups in total. The van der Waals surface area contributed by atoms with E-state index < -0.39 is 0 Å². The second-order valence-electron chi connectivity index (χ2n) is 3.31. The zero-order valence-corrected chi connectivity index (χ0v) is 7.50. The average molecular weight is 166 g/mol. The predicted octanol–water partition coefficient (Wildman–Crippen LogP) is 0.996. The van der Waals surface area contributed by atoms with Gasteiger partial charge in [0.25, 0.3) is 0 Å². The van der Waals surface area contributed by atoms with Gasteiger partial charge in [0.2, 0.25) is 0 Å². The molecule has 0 bridgehead atoms. The molecule has 0 aromatic carbocycles. The maximum Gasteiger partial charge on any atom is 0.195 e. The van der Waals surface area contributed by atoms with Crippen molar-refractivity contribution in [3.8, 4) is 0 Å². The van der Waals surface area contributed by atoms with E-state index in [9.17, 15) is 0 Å². The molecular formula is C9H14N2O. The first-order valence-corrected chi connectivity index (χ1v) is 4.27. The van der Waals surface area contributed by atoms with Crippen LogP contribution >= 0.6 is 0 Å². The van der Waals surface area contributed by atoms with E-state index in [1.165, 1.54) is 0 Å². The van der Waals surface area contributed by atoms with Gasteiger partial charge in [0.15, 0.2) is 5.88 Å². The fourth-order valence-corrected chi connectivity index (χ4v) is 1.34. The highest BCUT2D eigenvalue weighted by atomic mass is 16.4. The fourth-order valence-electron chi connectivity index (χ4n) is 1.34. The lowest BCUT2D eigenvalue weighted by Crippen LogP contribution is -2.56. The SMILES string of the molecule is Cc1ccc(N(C)C2CNC2)o1. The molecule has 12 heavy (non-hydrogen) atoms. The highest BCUT2D eigenvalue weighted by molar-refractivity contribution is 5.37. The van der Waals surface area contributed by atoms with Gasteiger partial charge in [-0.1, -0.05) is 0 Å². The molecule has 0 radical (unpaired) electrons. The largest absolute Gasteiger partial charge is 0.446 e. The van der Waals surface area contributed by atoms with Crippen molar-refractivity contribution in [1.82, 2.24) is 5.32 Å². The maximum atomic E-state index is 5.50. The maximum absolute atomic E-state index is 5.50. The summed E-state index contributed by atoms with van der Waals surface area (Å²) in [5, 5.41) is 3.24. The molecule has 2 heterocycles. The molecule has 0 unspecified atom stereocenters. The zero-order chi connectivity index (χ0) is 8.55. The van der Waals surface area contributed by atoms with Crippen LogP contribution in [0, 0.1) is 6.92 Å². The highest BCUT2D eigenvalue weighted by Crippen LogP contribution is 2.19. The van der Waals surface area contributed by atoms with Crippen molar-refractivity contribution in [3.63, 3.8) is 0 Å². The predicted molar refractivity (Wildman–Crippen MR) is 48.5 cm³/mol. The Kier molecular flexibility index (Phi) is 1.81. The third kappa shape index (κ3) is 1.20. The smallest absolute Gasteiger partial charge is 0.195 e. The van der Waals surface area contributed by atoms with Crippen LogP contribution in [0.15, 0.2) is 16.5 Å². The van der Waals surface area contributed by atoms with Crippen LogP contribution in [0.5, 0.6) is 0 Å². The lowest BCUT2D eigenvalue weighted by molar-refractivity contribution is 0.403. The van der Waals surface area contributed by atoms with E-state index in [2.05, 4.69) is 17.3 Å². The van der Waals surface area contributed by atoms with Crippen molar-refractivity contribution in [2.24, 2.45) is 0 Å². The van der Waals surface area contributed by atoms with E-state index in [0.29, 0.717) is 6.04 Å². The normalized spacial score (nSPS) is 17.5. The molecule has 2 rings (SSSR count). The molecule has 1 aliphatic heterocycles. The van der Waals surface area contributed by atoms with Crippen molar-refractivity contribution < 1.29 is 4.42 Å². The number of aryl methyl sites for hydroxylation is 1. The summed E-state index contributed by atoms with van der Waals surface area (Å²) < 4.78 is 5.50. The average Bonchev–Trinajstić information content (AvgIpc) is 2.31. The van der Waals surface area contributed by atoms with Gasteiger partial charge in [0.1, 0.15) is 5.76 Å². The molecular weight excluding hydrogens is 152 g/mol. The van der Waals surface area contributed by atoms with Crippen LogP contribution < -0.4 is 10.2 Å². The summed E-state index contributed by atoms with van der Waals surface area (Å²) in [5.74, 6) is 1.95. The van der Waals surface area contributed by atoms with Gasteiger partial charge in [0.05, 0.1) is 6.04 Å². The van der Waals surface area contributed by atoms with E-state index in [4.69, 9.17) is 4.42 Å². The van der Waals surface area contributed by atoms with E-state index >= 15 is 0 Å². The molecule has 1 aromatic rings. The second-order valence-corrected chi connectivity index (χ2v) is 3.31. The van der Waals surface area contributed by atoms with Crippen molar-refractivity contribution in [2.45, 2.75) is 13.0 Å². The molecule has 3 heteroatoms. The number of nitrogens with one attached hydrogen (secondary N) is 1. The van der Waals surface area contributed by atoms with Crippen LogP contribution in [-0.4, -0.2) is 26.2 Å². The molecule has 0 saturated carbocycles. The molecule has 1 aromatic heterocycles. The number of rotatable bonds is 2. The second kappa shape index (κ2) is 2.83. The van der Waals surface area contributed by atoms with E-state index in [0.717, 1.165) is 24.7 Å². The van der Waals surface area contributed by atoms with Gasteiger partial charge >= 0.3 is 0 Å². The molecule has 1 saturated heterocycles. The number of furan rings is 1. The van der Waals surface area contributed by atoms with Crippen molar-refractivity contribution in [2.75, 3.05) is 25.0 Å². The van der Waals surface area contributed by atoms with E-state index in [1.54, 1.807) is 0 Å². The summed E-state index contributed by atoms with van der Waals surface area (Å²) in [6, 6.07) is 4.63. The topological polar surface area (TPSA) is 28.4 Å². The number of hydrogen-bond donors (Lipinski definition) is 1. The Bertz CT molecular complexity index is 265. The Hall–Kier alpha value is -0.960. The number of hydrogen-bond acceptors (Lipinski definition) is 3. The molecule has 0 spiro atoms. The summed E-state index contributed by atoms with van der Waals surface area (Å²) >= 11 is 0. The first-order chi connectivity index (χ1) is 5.77. The molecule has 0 aliphatic carbocycles.